The van der Waals surface area contributed by atoms with Crippen molar-refractivity contribution >= 4 is 12.0 Å². The lowest BCUT2D eigenvalue weighted by molar-refractivity contribution is -0.125. The fourth-order valence-electron chi connectivity index (χ4n) is 2.33. The Hall–Kier alpha value is -1.57. The van der Waals surface area contributed by atoms with Crippen LogP contribution in [0.25, 0.3) is 6.08 Å². The van der Waals surface area contributed by atoms with Gasteiger partial charge in [-0.1, -0.05) is 37.1 Å². The summed E-state index contributed by atoms with van der Waals surface area (Å²) in [5.74, 6) is 0.153. The molecule has 0 radical (unpaired) electrons. The highest BCUT2D eigenvalue weighted by atomic mass is 16.2. The number of carbonyl (C=O) groups is 1. The summed E-state index contributed by atoms with van der Waals surface area (Å²) < 4.78 is 0. The van der Waals surface area contributed by atoms with Gasteiger partial charge in [0, 0.05) is 19.2 Å². The molecule has 1 amide bonds. The van der Waals surface area contributed by atoms with Gasteiger partial charge in [0.2, 0.25) is 5.91 Å². The molecular weight excluding hydrogens is 222 g/mol. The van der Waals surface area contributed by atoms with Crippen molar-refractivity contribution in [1.29, 1.82) is 0 Å². The first-order valence-corrected chi connectivity index (χ1v) is 6.80. The maximum atomic E-state index is 12.1. The van der Waals surface area contributed by atoms with Crippen LogP contribution in [0.4, 0.5) is 0 Å². The molecule has 0 unspecified atom stereocenters. The molecule has 1 fully saturated rings. The highest BCUT2D eigenvalue weighted by Crippen LogP contribution is 2.12. The summed E-state index contributed by atoms with van der Waals surface area (Å²) in [7, 11) is 0. The molecule has 0 saturated carbocycles. The van der Waals surface area contributed by atoms with Gasteiger partial charge in [-0.15, -0.1) is 0 Å². The van der Waals surface area contributed by atoms with Crippen LogP contribution in [-0.2, 0) is 4.79 Å². The molecule has 1 saturated heterocycles. The zero-order valence-electron chi connectivity index (χ0n) is 11.1. The molecule has 1 aromatic rings. The van der Waals surface area contributed by atoms with Crippen LogP contribution < -0.4 is 0 Å². The fraction of sp³-hybridized carbons (Fsp3) is 0.438. The zero-order valence-corrected chi connectivity index (χ0v) is 11.1. The van der Waals surface area contributed by atoms with E-state index in [0.29, 0.717) is 0 Å². The van der Waals surface area contributed by atoms with E-state index in [-0.39, 0.29) is 5.91 Å². The first kappa shape index (κ1) is 12.9. The second kappa shape index (κ2) is 6.39. The van der Waals surface area contributed by atoms with E-state index in [1.807, 2.05) is 29.2 Å². The Labute approximate surface area is 109 Å². The van der Waals surface area contributed by atoms with E-state index in [4.69, 9.17) is 0 Å². The minimum atomic E-state index is 0.153. The van der Waals surface area contributed by atoms with Crippen LogP contribution in [0.2, 0.25) is 0 Å². The average Bonchev–Trinajstić information content (AvgIpc) is 2.66. The van der Waals surface area contributed by atoms with Crippen molar-refractivity contribution in [2.75, 3.05) is 13.1 Å². The lowest BCUT2D eigenvalue weighted by Gasteiger charge is -2.18. The SMILES string of the molecule is Cc1ccccc1/C=C\C(=O)N1CCCCCC1. The predicted molar refractivity (Wildman–Crippen MR) is 75.3 cm³/mol. The van der Waals surface area contributed by atoms with Gasteiger partial charge in [-0.2, -0.15) is 0 Å². The number of likely N-dealkylation sites (tertiary alicyclic amines) is 1. The van der Waals surface area contributed by atoms with Crippen LogP contribution in [0.15, 0.2) is 30.3 Å². The molecule has 96 valence electrons. The van der Waals surface area contributed by atoms with Crippen molar-refractivity contribution < 1.29 is 4.79 Å². The lowest BCUT2D eigenvalue weighted by atomic mass is 10.1. The number of carbonyl (C=O) groups excluding carboxylic acids is 1. The Morgan fingerprint density at radius 2 is 1.78 bits per heavy atom. The maximum Gasteiger partial charge on any atom is 0.246 e. The average molecular weight is 243 g/mol. The van der Waals surface area contributed by atoms with Gasteiger partial charge in [-0.3, -0.25) is 4.79 Å². The first-order chi connectivity index (χ1) is 8.77. The molecule has 1 heterocycles. The lowest BCUT2D eigenvalue weighted by Crippen LogP contribution is -2.30. The first-order valence-electron chi connectivity index (χ1n) is 6.80. The van der Waals surface area contributed by atoms with Gasteiger partial charge >= 0.3 is 0 Å². The summed E-state index contributed by atoms with van der Waals surface area (Å²) in [6, 6.07) is 8.13. The minimum absolute atomic E-state index is 0.153. The summed E-state index contributed by atoms with van der Waals surface area (Å²) in [4.78, 5) is 14.0. The van der Waals surface area contributed by atoms with Crippen LogP contribution in [-0.4, -0.2) is 23.9 Å². The summed E-state index contributed by atoms with van der Waals surface area (Å²) in [5.41, 5.74) is 2.33. The number of hydrogen-bond donors (Lipinski definition) is 0. The van der Waals surface area contributed by atoms with Crippen LogP contribution in [0.3, 0.4) is 0 Å². The predicted octanol–water partition coefficient (Wildman–Crippen LogP) is 3.41. The molecule has 0 bridgehead atoms. The maximum absolute atomic E-state index is 12.1. The second-order valence-corrected chi connectivity index (χ2v) is 4.93. The van der Waals surface area contributed by atoms with Gasteiger partial charge in [0.25, 0.3) is 0 Å². The van der Waals surface area contributed by atoms with Crippen molar-refractivity contribution in [3.63, 3.8) is 0 Å². The molecule has 2 nitrogen and oxygen atoms in total. The summed E-state index contributed by atoms with van der Waals surface area (Å²) in [6.07, 6.45) is 8.45. The number of nitrogens with zero attached hydrogens (tertiary/aromatic N) is 1. The Bertz CT molecular complexity index is 428. The van der Waals surface area contributed by atoms with Gasteiger partial charge in [0.15, 0.2) is 0 Å². The number of benzene rings is 1. The summed E-state index contributed by atoms with van der Waals surface area (Å²) in [6.45, 7) is 3.89. The number of hydrogen-bond acceptors (Lipinski definition) is 1. The van der Waals surface area contributed by atoms with Gasteiger partial charge in [0.05, 0.1) is 0 Å². The minimum Gasteiger partial charge on any atom is -0.339 e. The van der Waals surface area contributed by atoms with Gasteiger partial charge in [-0.25, -0.2) is 0 Å². The van der Waals surface area contributed by atoms with Crippen LogP contribution in [0.1, 0.15) is 36.8 Å². The highest BCUT2D eigenvalue weighted by Gasteiger charge is 2.12. The van der Waals surface area contributed by atoms with Crippen molar-refractivity contribution in [3.05, 3.63) is 41.5 Å². The van der Waals surface area contributed by atoms with E-state index in [1.165, 1.54) is 18.4 Å². The number of rotatable bonds is 2. The molecule has 1 aliphatic heterocycles. The van der Waals surface area contributed by atoms with E-state index in [2.05, 4.69) is 13.0 Å². The topological polar surface area (TPSA) is 20.3 Å². The Balaban J connectivity index is 2.00. The largest absolute Gasteiger partial charge is 0.339 e. The molecule has 1 aromatic carbocycles. The molecule has 0 spiro atoms. The van der Waals surface area contributed by atoms with E-state index >= 15 is 0 Å². The van der Waals surface area contributed by atoms with Crippen molar-refractivity contribution in [3.8, 4) is 0 Å². The molecule has 0 aliphatic carbocycles. The van der Waals surface area contributed by atoms with Crippen molar-refractivity contribution in [2.45, 2.75) is 32.6 Å². The molecule has 0 aromatic heterocycles. The Morgan fingerprint density at radius 3 is 2.44 bits per heavy atom. The van der Waals surface area contributed by atoms with Gasteiger partial charge in [-0.05, 0) is 37.0 Å². The van der Waals surface area contributed by atoms with Crippen LogP contribution in [0, 0.1) is 6.92 Å². The molecule has 1 aliphatic rings. The standard InChI is InChI=1S/C16H21NO/c1-14-8-4-5-9-15(14)10-11-16(18)17-12-6-2-3-7-13-17/h4-5,8-11H,2-3,6-7,12-13H2,1H3/b11-10-. The van der Waals surface area contributed by atoms with E-state index < -0.39 is 0 Å². The van der Waals surface area contributed by atoms with E-state index in [0.717, 1.165) is 31.5 Å². The molecule has 2 heteroatoms. The quantitative estimate of drug-likeness (QED) is 0.729. The smallest absolute Gasteiger partial charge is 0.246 e. The van der Waals surface area contributed by atoms with Gasteiger partial charge < -0.3 is 4.90 Å². The normalized spacial score (nSPS) is 16.8. The summed E-state index contributed by atoms with van der Waals surface area (Å²) >= 11 is 0. The molecular formula is C16H21NO. The molecule has 0 atom stereocenters. The van der Waals surface area contributed by atoms with Crippen LogP contribution >= 0.6 is 0 Å². The Morgan fingerprint density at radius 1 is 1.11 bits per heavy atom. The monoisotopic (exact) mass is 243 g/mol. The van der Waals surface area contributed by atoms with Crippen molar-refractivity contribution in [1.82, 2.24) is 4.90 Å². The molecule has 0 N–H and O–H groups in total. The van der Waals surface area contributed by atoms with Gasteiger partial charge in [0.1, 0.15) is 0 Å². The van der Waals surface area contributed by atoms with E-state index in [9.17, 15) is 4.79 Å². The Kier molecular flexibility index (Phi) is 4.57. The number of aryl methyl sites for hydroxylation is 1. The summed E-state index contributed by atoms with van der Waals surface area (Å²) in [5, 5.41) is 0. The zero-order chi connectivity index (χ0) is 12.8. The molecule has 2 rings (SSSR count). The van der Waals surface area contributed by atoms with E-state index in [1.54, 1.807) is 6.08 Å². The van der Waals surface area contributed by atoms with Crippen molar-refractivity contribution in [2.24, 2.45) is 0 Å². The molecule has 18 heavy (non-hydrogen) atoms. The van der Waals surface area contributed by atoms with Crippen LogP contribution in [0.5, 0.6) is 0 Å². The third kappa shape index (κ3) is 3.46. The second-order valence-electron chi connectivity index (χ2n) is 4.93. The fourth-order valence-corrected chi connectivity index (χ4v) is 2.33. The highest BCUT2D eigenvalue weighted by molar-refractivity contribution is 5.92. The third-order valence-corrected chi connectivity index (χ3v) is 3.51. The third-order valence-electron chi connectivity index (χ3n) is 3.51. The number of amides is 1.